The minimum atomic E-state index is 0.803. The van der Waals surface area contributed by atoms with Gasteiger partial charge < -0.3 is 5.73 Å². The average Bonchev–Trinajstić information content (AvgIpc) is 2.50. The first-order chi connectivity index (χ1) is 9.81. The van der Waals surface area contributed by atoms with Crippen LogP contribution in [0.25, 0.3) is 0 Å². The van der Waals surface area contributed by atoms with Crippen molar-refractivity contribution in [3.8, 4) is 6.07 Å². The summed E-state index contributed by atoms with van der Waals surface area (Å²) in [6.07, 6.45) is 8.10. The molecule has 1 heterocycles. The molecule has 1 aromatic heterocycles. The van der Waals surface area contributed by atoms with Crippen molar-refractivity contribution in [1.29, 1.82) is 5.26 Å². The second kappa shape index (κ2) is 7.25. The molecule has 1 aromatic rings. The van der Waals surface area contributed by atoms with E-state index >= 15 is 0 Å². The summed E-state index contributed by atoms with van der Waals surface area (Å²) in [4.78, 5) is 3.50. The number of rotatable bonds is 6. The van der Waals surface area contributed by atoms with Gasteiger partial charge in [0.1, 0.15) is 30.4 Å². The van der Waals surface area contributed by atoms with E-state index in [2.05, 4.69) is 29.0 Å². The normalized spacial score (nSPS) is 13.7. The largest absolute Gasteiger partial charge is 0.354 e. The predicted octanol–water partition coefficient (Wildman–Crippen LogP) is 1.25. The van der Waals surface area contributed by atoms with Gasteiger partial charge in [0.2, 0.25) is 0 Å². The molecule has 5 N–H and O–H groups in total. The Bertz CT molecular complexity index is 502. The molecule has 0 saturated heterocycles. The lowest BCUT2D eigenvalue weighted by atomic mass is 9.86. The van der Waals surface area contributed by atoms with Gasteiger partial charge in [0.05, 0.1) is 0 Å². The first-order valence-corrected chi connectivity index (χ1v) is 7.84. The predicted molar refractivity (Wildman–Crippen MR) is 79.2 cm³/mol. The van der Waals surface area contributed by atoms with Crippen molar-refractivity contribution < 1.29 is 10.7 Å². The molecule has 1 aliphatic carbocycles. The summed E-state index contributed by atoms with van der Waals surface area (Å²) < 4.78 is 0. The van der Waals surface area contributed by atoms with Gasteiger partial charge in [-0.3, -0.25) is 5.32 Å². The molecule has 20 heavy (non-hydrogen) atoms. The summed E-state index contributed by atoms with van der Waals surface area (Å²) in [6, 6.07) is 2.40. The molecule has 0 bridgehead atoms. The summed E-state index contributed by atoms with van der Waals surface area (Å²) in [5.74, 6) is 0.905. The highest BCUT2D eigenvalue weighted by atomic mass is 15.0. The second-order valence-electron chi connectivity index (χ2n) is 5.51. The Kier molecular flexibility index (Phi) is 5.37. The third kappa shape index (κ3) is 3.10. The number of unbranched alkanes of at least 4 members (excludes halogenated alkanes) is 1. The Hall–Kier alpha value is -1.60. The first kappa shape index (κ1) is 14.8. The highest BCUT2D eigenvalue weighted by molar-refractivity contribution is 5.56. The van der Waals surface area contributed by atoms with Gasteiger partial charge in [0.25, 0.3) is 5.82 Å². The van der Waals surface area contributed by atoms with Crippen LogP contribution in [0.3, 0.4) is 0 Å². The van der Waals surface area contributed by atoms with Crippen LogP contribution < -0.4 is 16.0 Å². The van der Waals surface area contributed by atoms with Gasteiger partial charge in [0.15, 0.2) is 0 Å². The number of hydrogen-bond donors (Lipinski definition) is 2. The quantitative estimate of drug-likeness (QED) is 0.819. The van der Waals surface area contributed by atoms with Crippen molar-refractivity contribution in [2.45, 2.75) is 51.9 Å². The zero-order valence-electron chi connectivity index (χ0n) is 12.5. The third-order valence-corrected chi connectivity index (χ3v) is 4.03. The van der Waals surface area contributed by atoms with Crippen LogP contribution in [0.4, 0.5) is 5.82 Å². The van der Waals surface area contributed by atoms with E-state index in [9.17, 15) is 5.26 Å². The van der Waals surface area contributed by atoms with Gasteiger partial charge >= 0.3 is 0 Å². The van der Waals surface area contributed by atoms with E-state index in [1.807, 2.05) is 0 Å². The molecule has 0 spiro atoms. The minimum Gasteiger partial charge on any atom is -0.354 e. The fourth-order valence-electron chi connectivity index (χ4n) is 2.99. The number of nitrogens with zero attached hydrogens (tertiary/aromatic N) is 1. The number of H-pyrrole nitrogens is 1. The maximum atomic E-state index is 9.52. The topological polar surface area (TPSA) is 77.6 Å². The van der Waals surface area contributed by atoms with E-state index in [0.717, 1.165) is 43.7 Å². The molecule has 0 atom stereocenters. The Balaban J connectivity index is 2.43. The highest BCUT2D eigenvalue weighted by Gasteiger charge is 2.25. The molecule has 0 radical (unpaired) electrons. The van der Waals surface area contributed by atoms with Crippen LogP contribution in [0.2, 0.25) is 0 Å². The molecule has 0 saturated carbocycles. The SMILES string of the molecule is CCCCc1[nH+]c(NCC[NH3+])c(C#N)c2c1CCCC2. The van der Waals surface area contributed by atoms with E-state index in [1.165, 1.54) is 42.5 Å². The van der Waals surface area contributed by atoms with Gasteiger partial charge in [-0.15, -0.1) is 0 Å². The molecule has 1 aliphatic rings. The molecule has 0 unspecified atom stereocenters. The van der Waals surface area contributed by atoms with Gasteiger partial charge in [-0.25, -0.2) is 4.98 Å². The maximum absolute atomic E-state index is 9.52. The van der Waals surface area contributed by atoms with Crippen molar-refractivity contribution in [3.63, 3.8) is 0 Å². The highest BCUT2D eigenvalue weighted by Crippen LogP contribution is 2.28. The van der Waals surface area contributed by atoms with Gasteiger partial charge in [-0.2, -0.15) is 5.26 Å². The van der Waals surface area contributed by atoms with Crippen LogP contribution in [-0.2, 0) is 19.3 Å². The number of nitriles is 1. The van der Waals surface area contributed by atoms with Crippen molar-refractivity contribution in [1.82, 2.24) is 0 Å². The van der Waals surface area contributed by atoms with Crippen molar-refractivity contribution in [2.75, 3.05) is 18.4 Å². The standard InChI is InChI=1S/C16H24N4/c1-2-3-8-15-13-7-5-4-6-12(13)14(11-18)16(20-15)19-10-9-17/h2-10,17H2,1H3,(H,19,20)/p+2. The molecule has 0 amide bonds. The van der Waals surface area contributed by atoms with E-state index < -0.39 is 0 Å². The van der Waals surface area contributed by atoms with E-state index in [0.29, 0.717) is 0 Å². The van der Waals surface area contributed by atoms with Crippen molar-refractivity contribution in [3.05, 3.63) is 22.4 Å². The number of nitrogens with one attached hydrogen (secondary N) is 2. The minimum absolute atomic E-state index is 0.803. The molecular weight excluding hydrogens is 248 g/mol. The van der Waals surface area contributed by atoms with E-state index in [4.69, 9.17) is 0 Å². The van der Waals surface area contributed by atoms with Gasteiger partial charge in [-0.1, -0.05) is 13.3 Å². The number of aryl methyl sites for hydroxylation is 1. The number of quaternary nitrogens is 1. The van der Waals surface area contributed by atoms with Crippen LogP contribution in [0, 0.1) is 11.3 Å². The smallest absolute Gasteiger partial charge is 0.291 e. The Morgan fingerprint density at radius 2 is 2.05 bits per heavy atom. The fourth-order valence-corrected chi connectivity index (χ4v) is 2.99. The number of anilines is 1. The molecule has 4 nitrogen and oxygen atoms in total. The summed E-state index contributed by atoms with van der Waals surface area (Å²) in [5, 5.41) is 12.9. The first-order valence-electron chi connectivity index (χ1n) is 7.84. The molecule has 2 rings (SSSR count). The van der Waals surface area contributed by atoms with E-state index in [1.54, 1.807) is 0 Å². The zero-order chi connectivity index (χ0) is 14.4. The number of pyridine rings is 1. The monoisotopic (exact) mass is 274 g/mol. The number of hydrogen-bond acceptors (Lipinski definition) is 2. The molecule has 0 aromatic carbocycles. The summed E-state index contributed by atoms with van der Waals surface area (Å²) in [7, 11) is 0. The lowest BCUT2D eigenvalue weighted by Gasteiger charge is -2.19. The number of aromatic nitrogens is 1. The van der Waals surface area contributed by atoms with Gasteiger partial charge in [0, 0.05) is 6.42 Å². The lowest BCUT2D eigenvalue weighted by Crippen LogP contribution is -2.53. The summed E-state index contributed by atoms with van der Waals surface area (Å²) in [5.41, 5.74) is 8.73. The van der Waals surface area contributed by atoms with Crippen molar-refractivity contribution >= 4 is 5.82 Å². The van der Waals surface area contributed by atoms with Crippen LogP contribution >= 0.6 is 0 Å². The van der Waals surface area contributed by atoms with Crippen LogP contribution in [0.5, 0.6) is 0 Å². The van der Waals surface area contributed by atoms with Crippen molar-refractivity contribution in [2.24, 2.45) is 0 Å². The Morgan fingerprint density at radius 1 is 1.30 bits per heavy atom. The van der Waals surface area contributed by atoms with Crippen LogP contribution in [-0.4, -0.2) is 13.1 Å². The molecule has 0 aliphatic heterocycles. The Morgan fingerprint density at radius 3 is 2.70 bits per heavy atom. The lowest BCUT2D eigenvalue weighted by molar-refractivity contribution is -0.378. The number of fused-ring (bicyclic) bond motifs is 1. The molecule has 0 fully saturated rings. The third-order valence-electron chi connectivity index (χ3n) is 4.03. The molecule has 108 valence electrons. The summed E-state index contributed by atoms with van der Waals surface area (Å²) in [6.45, 7) is 3.84. The second-order valence-corrected chi connectivity index (χ2v) is 5.51. The van der Waals surface area contributed by atoms with Gasteiger partial charge in [-0.05, 0) is 43.2 Å². The Labute approximate surface area is 121 Å². The number of aromatic amines is 1. The van der Waals surface area contributed by atoms with E-state index in [-0.39, 0.29) is 0 Å². The molecule has 4 heteroatoms. The molecular formula is C16H26N4+2. The summed E-state index contributed by atoms with van der Waals surface area (Å²) >= 11 is 0. The average molecular weight is 274 g/mol. The van der Waals surface area contributed by atoms with Crippen LogP contribution in [0.15, 0.2) is 0 Å². The van der Waals surface area contributed by atoms with Crippen LogP contribution in [0.1, 0.15) is 55.0 Å². The zero-order valence-corrected chi connectivity index (χ0v) is 12.5. The maximum Gasteiger partial charge on any atom is 0.291 e. The fraction of sp³-hybridized carbons (Fsp3) is 0.625.